The molecule has 0 amide bonds. The van der Waals surface area contributed by atoms with Crippen LogP contribution in [0.2, 0.25) is 0 Å². The lowest BCUT2D eigenvalue weighted by atomic mass is 9.99. The van der Waals surface area contributed by atoms with Gasteiger partial charge in [0.25, 0.3) is 0 Å². The van der Waals surface area contributed by atoms with Crippen LogP contribution in [-0.2, 0) is 20.0 Å². The van der Waals surface area contributed by atoms with Crippen LogP contribution < -0.4 is 4.72 Å². The number of nitrogens with one attached hydrogen (secondary N) is 1. The SMILES string of the molecule is O=S(=O)(C=Cc1ccccc1)NCC1CCN(S(=O)(=O)c2cccnc2)CC1. The zero-order chi connectivity index (χ0) is 20.0. The lowest BCUT2D eigenvalue weighted by Crippen LogP contribution is -2.41. The molecule has 1 aliphatic heterocycles. The number of rotatable bonds is 7. The quantitative estimate of drug-likeness (QED) is 0.738. The van der Waals surface area contributed by atoms with Gasteiger partial charge in [0.05, 0.1) is 0 Å². The Balaban J connectivity index is 1.51. The molecular formula is C19H23N3O4S2. The van der Waals surface area contributed by atoms with Gasteiger partial charge in [0, 0.05) is 37.4 Å². The fourth-order valence-electron chi connectivity index (χ4n) is 3.02. The Morgan fingerprint density at radius 2 is 1.75 bits per heavy atom. The summed E-state index contributed by atoms with van der Waals surface area (Å²) in [5.74, 6) is 0.0975. The summed E-state index contributed by atoms with van der Waals surface area (Å²) in [7, 11) is -7.08. The minimum absolute atomic E-state index is 0.0975. The predicted molar refractivity (Wildman–Crippen MR) is 108 cm³/mol. The molecule has 0 radical (unpaired) electrons. The second kappa shape index (κ2) is 8.95. The summed E-state index contributed by atoms with van der Waals surface area (Å²) < 4.78 is 53.5. The molecule has 1 aromatic heterocycles. The topological polar surface area (TPSA) is 96.4 Å². The van der Waals surface area contributed by atoms with Gasteiger partial charge in [0.15, 0.2) is 0 Å². The van der Waals surface area contributed by atoms with Crippen molar-refractivity contribution in [3.63, 3.8) is 0 Å². The Labute approximate surface area is 166 Å². The molecule has 2 aromatic rings. The average Bonchev–Trinajstić information content (AvgIpc) is 2.73. The van der Waals surface area contributed by atoms with Crippen molar-refractivity contribution in [3.8, 4) is 0 Å². The van der Waals surface area contributed by atoms with Crippen LogP contribution in [0.4, 0.5) is 0 Å². The summed E-state index contributed by atoms with van der Waals surface area (Å²) in [5, 5.41) is 1.16. The van der Waals surface area contributed by atoms with Crippen molar-refractivity contribution in [1.29, 1.82) is 0 Å². The Bertz CT molecular complexity index is 1000. The second-order valence-corrected chi connectivity index (χ2v) is 10.2. The van der Waals surface area contributed by atoms with Gasteiger partial charge in [0.1, 0.15) is 4.90 Å². The van der Waals surface area contributed by atoms with E-state index >= 15 is 0 Å². The lowest BCUT2D eigenvalue weighted by Gasteiger charge is -2.31. The third-order valence-electron chi connectivity index (χ3n) is 4.66. The number of benzene rings is 1. The standard InChI is InChI=1S/C19H23N3O4S2/c23-27(24,14-10-17-5-2-1-3-6-17)21-15-18-8-12-22(13-9-18)28(25,26)19-7-4-11-20-16-19/h1-7,10-11,14,16,18,21H,8-9,12-13,15H2. The maximum Gasteiger partial charge on any atom is 0.244 e. The number of piperidine rings is 1. The fraction of sp³-hybridized carbons (Fsp3) is 0.316. The Morgan fingerprint density at radius 3 is 2.39 bits per heavy atom. The van der Waals surface area contributed by atoms with E-state index in [0.717, 1.165) is 11.0 Å². The third kappa shape index (κ3) is 5.48. The number of aromatic nitrogens is 1. The number of hydrogen-bond donors (Lipinski definition) is 1. The van der Waals surface area contributed by atoms with Crippen molar-refractivity contribution in [3.05, 3.63) is 65.8 Å². The molecule has 0 aliphatic carbocycles. The maximum absolute atomic E-state index is 12.6. The highest BCUT2D eigenvalue weighted by molar-refractivity contribution is 7.92. The van der Waals surface area contributed by atoms with Gasteiger partial charge in [-0.25, -0.2) is 21.6 Å². The molecule has 28 heavy (non-hydrogen) atoms. The smallest absolute Gasteiger partial charge is 0.244 e. The Kier molecular flexibility index (Phi) is 6.61. The van der Waals surface area contributed by atoms with Gasteiger partial charge in [-0.05, 0) is 42.5 Å². The number of nitrogens with zero attached hydrogens (tertiary/aromatic N) is 2. The summed E-state index contributed by atoms with van der Waals surface area (Å²) in [4.78, 5) is 4.05. The predicted octanol–water partition coefficient (Wildman–Crippen LogP) is 2.07. The molecule has 2 heterocycles. The van der Waals surface area contributed by atoms with Crippen molar-refractivity contribution in [1.82, 2.24) is 14.0 Å². The molecule has 7 nitrogen and oxygen atoms in total. The van der Waals surface area contributed by atoms with E-state index in [1.807, 2.05) is 30.3 Å². The molecule has 150 valence electrons. The molecule has 0 unspecified atom stereocenters. The molecule has 1 saturated heterocycles. The molecule has 1 N–H and O–H groups in total. The Hall–Kier alpha value is -2.07. The summed E-state index contributed by atoms with van der Waals surface area (Å²) in [6.45, 7) is 1.02. The maximum atomic E-state index is 12.6. The molecule has 1 aromatic carbocycles. The van der Waals surface area contributed by atoms with Gasteiger partial charge >= 0.3 is 0 Å². The number of hydrogen-bond acceptors (Lipinski definition) is 5. The summed E-state index contributed by atoms with van der Waals surface area (Å²) in [6.07, 6.45) is 5.62. The highest BCUT2D eigenvalue weighted by Crippen LogP contribution is 2.23. The third-order valence-corrected chi connectivity index (χ3v) is 7.60. The van der Waals surface area contributed by atoms with E-state index in [-0.39, 0.29) is 10.8 Å². The second-order valence-electron chi connectivity index (χ2n) is 6.64. The van der Waals surface area contributed by atoms with Crippen molar-refractivity contribution in [2.24, 2.45) is 5.92 Å². The van der Waals surface area contributed by atoms with E-state index in [0.29, 0.717) is 32.5 Å². The van der Waals surface area contributed by atoms with Crippen LogP contribution in [-0.4, -0.2) is 45.8 Å². The molecule has 0 bridgehead atoms. The van der Waals surface area contributed by atoms with Gasteiger partial charge in [-0.1, -0.05) is 30.3 Å². The highest BCUT2D eigenvalue weighted by Gasteiger charge is 2.29. The first-order valence-electron chi connectivity index (χ1n) is 9.00. The van der Waals surface area contributed by atoms with E-state index in [2.05, 4.69) is 9.71 Å². The van der Waals surface area contributed by atoms with Gasteiger partial charge in [-0.2, -0.15) is 4.31 Å². The highest BCUT2D eigenvalue weighted by atomic mass is 32.2. The van der Waals surface area contributed by atoms with Crippen molar-refractivity contribution < 1.29 is 16.8 Å². The number of pyridine rings is 1. The molecule has 0 spiro atoms. The summed E-state index contributed by atoms with van der Waals surface area (Å²) >= 11 is 0. The monoisotopic (exact) mass is 421 g/mol. The van der Waals surface area contributed by atoms with Crippen molar-refractivity contribution >= 4 is 26.1 Å². The van der Waals surface area contributed by atoms with Crippen molar-refractivity contribution in [2.75, 3.05) is 19.6 Å². The van der Waals surface area contributed by atoms with Crippen LogP contribution in [0.3, 0.4) is 0 Å². The molecule has 3 rings (SSSR count). The first-order valence-corrected chi connectivity index (χ1v) is 12.0. The largest absolute Gasteiger partial charge is 0.263 e. The zero-order valence-corrected chi connectivity index (χ0v) is 16.9. The van der Waals surface area contributed by atoms with E-state index in [1.165, 1.54) is 22.8 Å². The minimum Gasteiger partial charge on any atom is -0.263 e. The van der Waals surface area contributed by atoms with Crippen molar-refractivity contribution in [2.45, 2.75) is 17.7 Å². The zero-order valence-electron chi connectivity index (χ0n) is 15.3. The molecule has 0 atom stereocenters. The lowest BCUT2D eigenvalue weighted by molar-refractivity contribution is 0.274. The molecule has 9 heteroatoms. The van der Waals surface area contributed by atoms with E-state index < -0.39 is 20.0 Å². The normalized spacial score (nSPS) is 17.1. The molecule has 0 saturated carbocycles. The van der Waals surface area contributed by atoms with Gasteiger partial charge in [0.2, 0.25) is 20.0 Å². The average molecular weight is 422 g/mol. The summed E-state index contributed by atoms with van der Waals surface area (Å²) in [5.41, 5.74) is 0.807. The van der Waals surface area contributed by atoms with Crippen LogP contribution in [0.15, 0.2) is 65.2 Å². The van der Waals surface area contributed by atoms with Crippen LogP contribution in [0.25, 0.3) is 6.08 Å². The van der Waals surface area contributed by atoms with Gasteiger partial charge < -0.3 is 0 Å². The molecular weight excluding hydrogens is 398 g/mol. The minimum atomic E-state index is -3.55. The Morgan fingerprint density at radius 1 is 1.04 bits per heavy atom. The van der Waals surface area contributed by atoms with E-state index in [4.69, 9.17) is 0 Å². The van der Waals surface area contributed by atoms with E-state index in [9.17, 15) is 16.8 Å². The van der Waals surface area contributed by atoms with E-state index in [1.54, 1.807) is 12.1 Å². The first kappa shape index (κ1) is 20.7. The first-order chi connectivity index (χ1) is 13.4. The van der Waals surface area contributed by atoms with Gasteiger partial charge in [-0.15, -0.1) is 0 Å². The molecule has 1 fully saturated rings. The van der Waals surface area contributed by atoms with Gasteiger partial charge in [-0.3, -0.25) is 4.98 Å². The van der Waals surface area contributed by atoms with Crippen LogP contribution in [0.5, 0.6) is 0 Å². The van der Waals surface area contributed by atoms with Crippen LogP contribution >= 0.6 is 0 Å². The van der Waals surface area contributed by atoms with Crippen LogP contribution in [0, 0.1) is 5.92 Å². The van der Waals surface area contributed by atoms with Crippen LogP contribution in [0.1, 0.15) is 18.4 Å². The summed E-state index contributed by atoms with van der Waals surface area (Å²) in [6, 6.07) is 12.3. The fourth-order valence-corrected chi connectivity index (χ4v) is 5.35. The molecule has 1 aliphatic rings. The number of sulfonamides is 2.